The quantitative estimate of drug-likeness (QED) is 0.770. The van der Waals surface area contributed by atoms with E-state index in [9.17, 15) is 9.59 Å². The zero-order valence-corrected chi connectivity index (χ0v) is 11.7. The molecule has 0 spiro atoms. The molecule has 4 nitrogen and oxygen atoms in total. The summed E-state index contributed by atoms with van der Waals surface area (Å²) < 4.78 is 4.97. The van der Waals surface area contributed by atoms with Crippen LogP contribution >= 0.6 is 0 Å². The maximum Gasteiger partial charge on any atom is 0.325 e. The van der Waals surface area contributed by atoms with Crippen LogP contribution in [0.5, 0.6) is 0 Å². The number of esters is 1. The Bertz CT molecular complexity index is 536. The number of fused-ring (bicyclic) bond motifs is 1. The zero-order chi connectivity index (χ0) is 14.1. The molecule has 1 aromatic rings. The van der Waals surface area contributed by atoms with E-state index in [1.54, 1.807) is 11.8 Å². The van der Waals surface area contributed by atoms with E-state index in [1.807, 2.05) is 18.2 Å². The molecule has 3 rings (SSSR count). The van der Waals surface area contributed by atoms with Gasteiger partial charge in [0.2, 0.25) is 5.91 Å². The molecular weight excluding hydrogens is 254 g/mol. The average Bonchev–Trinajstić information content (AvgIpc) is 3.22. The summed E-state index contributed by atoms with van der Waals surface area (Å²) in [5.41, 5.74) is 2.37. The van der Waals surface area contributed by atoms with E-state index in [2.05, 4.69) is 6.07 Å². The van der Waals surface area contributed by atoms with Crippen LogP contribution in [0.1, 0.15) is 36.8 Å². The molecule has 0 N–H and O–H groups in total. The predicted molar refractivity (Wildman–Crippen MR) is 74.3 cm³/mol. The van der Waals surface area contributed by atoms with Crippen molar-refractivity contribution < 1.29 is 14.3 Å². The standard InChI is InChI=1S/C16H19NO3/c1-2-20-15(18)10-17(12-7-8-12)16(19)14-9-11-5-3-4-6-13(11)14/h3-6,12,14H,2,7-10H2,1H3. The molecule has 1 aromatic carbocycles. The van der Waals surface area contributed by atoms with Crippen LogP contribution in [0.25, 0.3) is 0 Å². The highest BCUT2D eigenvalue weighted by molar-refractivity contribution is 5.90. The molecule has 0 aromatic heterocycles. The van der Waals surface area contributed by atoms with E-state index in [0.717, 1.165) is 24.8 Å². The van der Waals surface area contributed by atoms with Gasteiger partial charge in [0, 0.05) is 6.04 Å². The molecule has 4 heteroatoms. The topological polar surface area (TPSA) is 46.6 Å². The van der Waals surface area contributed by atoms with E-state index < -0.39 is 0 Å². The van der Waals surface area contributed by atoms with E-state index >= 15 is 0 Å². The lowest BCUT2D eigenvalue weighted by molar-refractivity contribution is -0.150. The Hall–Kier alpha value is -1.84. The van der Waals surface area contributed by atoms with Crippen LogP contribution in [0, 0.1) is 0 Å². The molecule has 106 valence electrons. The lowest BCUT2D eigenvalue weighted by atomic mass is 9.77. The Morgan fingerprint density at radius 1 is 1.30 bits per heavy atom. The maximum atomic E-state index is 12.6. The van der Waals surface area contributed by atoms with Gasteiger partial charge in [-0.25, -0.2) is 0 Å². The largest absolute Gasteiger partial charge is 0.465 e. The van der Waals surface area contributed by atoms with Gasteiger partial charge in [-0.05, 0) is 37.3 Å². The minimum absolute atomic E-state index is 0.0683. The SMILES string of the molecule is CCOC(=O)CN(C(=O)C1Cc2ccccc21)C1CC1. The first-order chi connectivity index (χ1) is 9.70. The van der Waals surface area contributed by atoms with Gasteiger partial charge in [-0.3, -0.25) is 9.59 Å². The van der Waals surface area contributed by atoms with Crippen molar-refractivity contribution in [1.29, 1.82) is 0 Å². The van der Waals surface area contributed by atoms with E-state index in [4.69, 9.17) is 4.74 Å². The number of carbonyl (C=O) groups excluding carboxylic acids is 2. The average molecular weight is 273 g/mol. The molecule has 0 aliphatic heterocycles. The molecule has 2 aliphatic carbocycles. The van der Waals surface area contributed by atoms with Crippen LogP contribution in [0.2, 0.25) is 0 Å². The van der Waals surface area contributed by atoms with Crippen LogP contribution in [0.4, 0.5) is 0 Å². The van der Waals surface area contributed by atoms with Gasteiger partial charge in [0.15, 0.2) is 0 Å². The second-order valence-corrected chi connectivity index (χ2v) is 5.46. The minimum atomic E-state index is -0.305. The Kier molecular flexibility index (Phi) is 3.47. The van der Waals surface area contributed by atoms with Crippen LogP contribution in [-0.4, -0.2) is 36.0 Å². The lowest BCUT2D eigenvalue weighted by Gasteiger charge is -2.33. The third-order valence-electron chi connectivity index (χ3n) is 4.03. The number of ether oxygens (including phenoxy) is 1. The van der Waals surface area contributed by atoms with Gasteiger partial charge in [-0.2, -0.15) is 0 Å². The number of benzene rings is 1. The fourth-order valence-electron chi connectivity index (χ4n) is 2.80. The van der Waals surface area contributed by atoms with E-state index in [0.29, 0.717) is 6.61 Å². The first-order valence-corrected chi connectivity index (χ1v) is 7.24. The molecule has 1 amide bonds. The van der Waals surface area contributed by atoms with Crippen LogP contribution in [-0.2, 0) is 20.7 Å². The van der Waals surface area contributed by atoms with Gasteiger partial charge in [-0.15, -0.1) is 0 Å². The highest BCUT2D eigenvalue weighted by Crippen LogP contribution is 2.38. The second kappa shape index (κ2) is 5.27. The number of rotatable bonds is 5. The number of amides is 1. The van der Waals surface area contributed by atoms with Crippen LogP contribution < -0.4 is 0 Å². The third-order valence-corrected chi connectivity index (χ3v) is 4.03. The van der Waals surface area contributed by atoms with Crippen molar-refractivity contribution in [1.82, 2.24) is 4.90 Å². The van der Waals surface area contributed by atoms with Crippen molar-refractivity contribution >= 4 is 11.9 Å². The summed E-state index contributed by atoms with van der Waals surface area (Å²) in [5.74, 6) is -0.291. The van der Waals surface area contributed by atoms with Crippen molar-refractivity contribution in [3.63, 3.8) is 0 Å². The second-order valence-electron chi connectivity index (χ2n) is 5.46. The Balaban J connectivity index is 1.70. The van der Waals surface area contributed by atoms with Gasteiger partial charge in [0.05, 0.1) is 12.5 Å². The van der Waals surface area contributed by atoms with Gasteiger partial charge >= 0.3 is 5.97 Å². The molecule has 0 heterocycles. The number of nitrogens with zero attached hydrogens (tertiary/aromatic N) is 1. The molecular formula is C16H19NO3. The summed E-state index contributed by atoms with van der Waals surface area (Å²) in [5, 5.41) is 0. The van der Waals surface area contributed by atoms with Crippen molar-refractivity contribution in [3.8, 4) is 0 Å². The summed E-state index contributed by atoms with van der Waals surface area (Å²) in [6.45, 7) is 2.23. The summed E-state index contributed by atoms with van der Waals surface area (Å²) >= 11 is 0. The van der Waals surface area contributed by atoms with Gasteiger partial charge in [0.25, 0.3) is 0 Å². The highest BCUT2D eigenvalue weighted by atomic mass is 16.5. The van der Waals surface area contributed by atoms with Crippen molar-refractivity contribution in [2.24, 2.45) is 0 Å². The normalized spacial score (nSPS) is 19.8. The summed E-state index contributed by atoms with van der Waals surface area (Å²) in [6.07, 6.45) is 2.79. The number of hydrogen-bond donors (Lipinski definition) is 0. The van der Waals surface area contributed by atoms with Crippen LogP contribution in [0.3, 0.4) is 0 Å². The highest BCUT2D eigenvalue weighted by Gasteiger charge is 2.41. The van der Waals surface area contributed by atoms with Crippen molar-refractivity contribution in [3.05, 3.63) is 35.4 Å². The van der Waals surface area contributed by atoms with Gasteiger partial charge in [0.1, 0.15) is 6.54 Å². The minimum Gasteiger partial charge on any atom is -0.465 e. The Labute approximate surface area is 118 Å². The molecule has 1 unspecified atom stereocenters. The molecule has 0 radical (unpaired) electrons. The van der Waals surface area contributed by atoms with Crippen LogP contribution in [0.15, 0.2) is 24.3 Å². The van der Waals surface area contributed by atoms with E-state index in [-0.39, 0.29) is 30.4 Å². The summed E-state index contributed by atoms with van der Waals surface area (Å²) in [7, 11) is 0. The Morgan fingerprint density at radius 3 is 2.70 bits per heavy atom. The molecule has 2 aliphatic rings. The van der Waals surface area contributed by atoms with E-state index in [1.165, 1.54) is 5.56 Å². The monoisotopic (exact) mass is 273 g/mol. The third kappa shape index (κ3) is 2.42. The molecule has 20 heavy (non-hydrogen) atoms. The van der Waals surface area contributed by atoms with Crippen molar-refractivity contribution in [2.45, 2.75) is 38.1 Å². The zero-order valence-electron chi connectivity index (χ0n) is 11.7. The Morgan fingerprint density at radius 2 is 2.05 bits per heavy atom. The lowest BCUT2D eigenvalue weighted by Crippen LogP contribution is -2.43. The summed E-state index contributed by atoms with van der Waals surface area (Å²) in [4.78, 5) is 26.0. The molecule has 1 saturated carbocycles. The number of hydrogen-bond acceptors (Lipinski definition) is 3. The van der Waals surface area contributed by atoms with Gasteiger partial charge < -0.3 is 9.64 Å². The molecule has 1 fully saturated rings. The first-order valence-electron chi connectivity index (χ1n) is 7.24. The number of carbonyl (C=O) groups is 2. The molecule has 0 bridgehead atoms. The van der Waals surface area contributed by atoms with Gasteiger partial charge in [-0.1, -0.05) is 24.3 Å². The fraction of sp³-hybridized carbons (Fsp3) is 0.500. The summed E-state index contributed by atoms with van der Waals surface area (Å²) in [6, 6.07) is 8.27. The van der Waals surface area contributed by atoms with Crippen molar-refractivity contribution in [2.75, 3.05) is 13.2 Å². The smallest absolute Gasteiger partial charge is 0.325 e. The molecule has 0 saturated heterocycles. The fourth-order valence-corrected chi connectivity index (χ4v) is 2.80. The first kappa shape index (κ1) is 13.2. The maximum absolute atomic E-state index is 12.6. The molecule has 1 atom stereocenters. The predicted octanol–water partition coefficient (Wildman–Crippen LogP) is 1.88.